The van der Waals surface area contributed by atoms with E-state index in [4.69, 9.17) is 0 Å². The number of carbonyl (C=O) groups excluding carboxylic acids is 1. The monoisotopic (exact) mass is 394 g/mol. The van der Waals surface area contributed by atoms with Gasteiger partial charge < -0.3 is 10.6 Å². The topological polar surface area (TPSA) is 41.1 Å². The van der Waals surface area contributed by atoms with E-state index in [9.17, 15) is 4.79 Å². The van der Waals surface area contributed by atoms with Crippen molar-refractivity contribution >= 4 is 40.9 Å². The molecule has 19 heavy (non-hydrogen) atoms. The molecule has 5 heteroatoms. The highest BCUT2D eigenvalue weighted by Gasteiger charge is 2.21. The second-order valence-corrected chi connectivity index (χ2v) is 6.20. The zero-order valence-electron chi connectivity index (χ0n) is 11.2. The Bertz CT molecular complexity index is 453. The molecule has 1 aliphatic rings. The average Bonchev–Trinajstić information content (AvgIpc) is 2.32. The summed E-state index contributed by atoms with van der Waals surface area (Å²) in [6, 6.07) is 6.77. The molecule has 2 atom stereocenters. The molecule has 1 heterocycles. The molecule has 106 valence electrons. The second-order valence-electron chi connectivity index (χ2n) is 5.03. The van der Waals surface area contributed by atoms with Crippen LogP contribution in [0.2, 0.25) is 0 Å². The van der Waals surface area contributed by atoms with Gasteiger partial charge in [-0.05, 0) is 68.0 Å². The van der Waals surface area contributed by atoms with Crippen LogP contribution in [0.4, 0.5) is 0 Å². The zero-order valence-corrected chi connectivity index (χ0v) is 14.2. The Balaban J connectivity index is 0.00000180. The van der Waals surface area contributed by atoms with Crippen LogP contribution in [0.3, 0.4) is 0 Å². The lowest BCUT2D eigenvalue weighted by atomic mass is 10.00. The molecular formula is C14H20ClIN2O. The number of hydrogen-bond donors (Lipinski definition) is 2. The highest BCUT2D eigenvalue weighted by atomic mass is 127. The standard InChI is InChI=1S/C14H19IN2O.ClH/c1-9-3-4-13(15)12(7-9)14(18)17-11-5-6-16-10(2)8-11;/h3-4,7,10-11,16H,5-6,8H2,1-2H3,(H,17,18);1H. The van der Waals surface area contributed by atoms with Gasteiger partial charge in [-0.2, -0.15) is 0 Å². The average molecular weight is 395 g/mol. The van der Waals surface area contributed by atoms with Gasteiger partial charge in [0.05, 0.1) is 5.56 Å². The lowest BCUT2D eigenvalue weighted by molar-refractivity contribution is 0.0924. The van der Waals surface area contributed by atoms with Crippen LogP contribution < -0.4 is 10.6 Å². The van der Waals surface area contributed by atoms with Crippen molar-refractivity contribution in [3.05, 3.63) is 32.9 Å². The first-order valence-corrected chi connectivity index (χ1v) is 7.44. The molecule has 2 unspecified atom stereocenters. The van der Waals surface area contributed by atoms with Crippen LogP contribution in [-0.4, -0.2) is 24.5 Å². The van der Waals surface area contributed by atoms with E-state index in [1.807, 2.05) is 25.1 Å². The maximum absolute atomic E-state index is 12.3. The largest absolute Gasteiger partial charge is 0.349 e. The third-order valence-corrected chi connectivity index (χ3v) is 4.27. The molecule has 1 amide bonds. The molecule has 2 N–H and O–H groups in total. The molecule has 0 bridgehead atoms. The van der Waals surface area contributed by atoms with Crippen molar-refractivity contribution in [2.45, 2.75) is 38.8 Å². The summed E-state index contributed by atoms with van der Waals surface area (Å²) in [6.45, 7) is 5.16. The van der Waals surface area contributed by atoms with Gasteiger partial charge in [0.15, 0.2) is 0 Å². The van der Waals surface area contributed by atoms with Crippen molar-refractivity contribution < 1.29 is 4.79 Å². The minimum atomic E-state index is 0. The van der Waals surface area contributed by atoms with Crippen LogP contribution in [-0.2, 0) is 0 Å². The lowest BCUT2D eigenvalue weighted by Gasteiger charge is -2.28. The normalized spacial score (nSPS) is 22.5. The number of benzene rings is 1. The van der Waals surface area contributed by atoms with Crippen molar-refractivity contribution in [2.75, 3.05) is 6.54 Å². The van der Waals surface area contributed by atoms with Gasteiger partial charge in [0, 0.05) is 15.7 Å². The first kappa shape index (κ1) is 16.7. The van der Waals surface area contributed by atoms with Gasteiger partial charge in [0.25, 0.3) is 5.91 Å². The fraction of sp³-hybridized carbons (Fsp3) is 0.500. The minimum absolute atomic E-state index is 0. The molecule has 0 saturated carbocycles. The van der Waals surface area contributed by atoms with E-state index in [-0.39, 0.29) is 18.3 Å². The van der Waals surface area contributed by atoms with Crippen molar-refractivity contribution in [2.24, 2.45) is 0 Å². The Hall–Kier alpha value is -0.330. The van der Waals surface area contributed by atoms with Crippen LogP contribution in [0.25, 0.3) is 0 Å². The third kappa shape index (κ3) is 4.61. The molecule has 0 radical (unpaired) electrons. The Morgan fingerprint density at radius 2 is 2.21 bits per heavy atom. The highest BCUT2D eigenvalue weighted by Crippen LogP contribution is 2.15. The van der Waals surface area contributed by atoms with Crippen molar-refractivity contribution in [3.8, 4) is 0 Å². The summed E-state index contributed by atoms with van der Waals surface area (Å²) < 4.78 is 1.01. The molecule has 1 aromatic rings. The Morgan fingerprint density at radius 1 is 1.47 bits per heavy atom. The van der Waals surface area contributed by atoms with Gasteiger partial charge in [-0.3, -0.25) is 4.79 Å². The predicted octanol–water partition coefficient (Wildman–Crippen LogP) is 2.89. The van der Waals surface area contributed by atoms with Crippen molar-refractivity contribution in [1.29, 1.82) is 0 Å². The van der Waals surface area contributed by atoms with Crippen LogP contribution in [0.5, 0.6) is 0 Å². The number of carbonyl (C=O) groups is 1. The van der Waals surface area contributed by atoms with E-state index in [2.05, 4.69) is 40.1 Å². The lowest BCUT2D eigenvalue weighted by Crippen LogP contribution is -2.46. The number of aryl methyl sites for hydroxylation is 1. The maximum atomic E-state index is 12.3. The van der Waals surface area contributed by atoms with E-state index in [0.717, 1.165) is 34.1 Å². The molecule has 0 aliphatic carbocycles. The second kappa shape index (κ2) is 7.45. The van der Waals surface area contributed by atoms with E-state index >= 15 is 0 Å². The fourth-order valence-corrected chi connectivity index (χ4v) is 2.92. The Morgan fingerprint density at radius 3 is 2.89 bits per heavy atom. The summed E-state index contributed by atoms with van der Waals surface area (Å²) in [4.78, 5) is 12.3. The van der Waals surface area contributed by atoms with Gasteiger partial charge in [-0.15, -0.1) is 12.4 Å². The molecular weight excluding hydrogens is 375 g/mol. The van der Waals surface area contributed by atoms with E-state index in [1.165, 1.54) is 0 Å². The fourth-order valence-electron chi connectivity index (χ4n) is 2.34. The highest BCUT2D eigenvalue weighted by molar-refractivity contribution is 14.1. The SMILES string of the molecule is Cc1ccc(I)c(C(=O)NC2CCNC(C)C2)c1.Cl. The molecule has 1 fully saturated rings. The molecule has 1 saturated heterocycles. The first-order valence-electron chi connectivity index (χ1n) is 6.36. The quantitative estimate of drug-likeness (QED) is 0.757. The zero-order chi connectivity index (χ0) is 13.1. The molecule has 1 aromatic carbocycles. The summed E-state index contributed by atoms with van der Waals surface area (Å²) in [7, 11) is 0. The number of nitrogens with one attached hydrogen (secondary N) is 2. The molecule has 2 rings (SSSR count). The number of piperidine rings is 1. The van der Waals surface area contributed by atoms with E-state index < -0.39 is 0 Å². The summed E-state index contributed by atoms with van der Waals surface area (Å²) in [5, 5.41) is 6.54. The summed E-state index contributed by atoms with van der Waals surface area (Å²) in [5.74, 6) is 0.0576. The maximum Gasteiger partial charge on any atom is 0.252 e. The van der Waals surface area contributed by atoms with Gasteiger partial charge in [-0.25, -0.2) is 0 Å². The number of amides is 1. The van der Waals surface area contributed by atoms with Gasteiger partial charge in [0.1, 0.15) is 0 Å². The number of rotatable bonds is 2. The van der Waals surface area contributed by atoms with Crippen molar-refractivity contribution in [1.82, 2.24) is 10.6 Å². The Kier molecular flexibility index (Phi) is 6.56. The Labute approximate surface area is 134 Å². The van der Waals surface area contributed by atoms with Crippen LogP contribution in [0, 0.1) is 10.5 Å². The summed E-state index contributed by atoms with van der Waals surface area (Å²) in [5.41, 5.74) is 1.92. The van der Waals surface area contributed by atoms with E-state index in [0.29, 0.717) is 12.1 Å². The first-order chi connectivity index (χ1) is 8.56. The summed E-state index contributed by atoms with van der Waals surface area (Å²) in [6.07, 6.45) is 2.02. The molecule has 0 spiro atoms. The smallest absolute Gasteiger partial charge is 0.252 e. The summed E-state index contributed by atoms with van der Waals surface area (Å²) >= 11 is 2.22. The number of hydrogen-bond acceptors (Lipinski definition) is 2. The number of halogens is 2. The van der Waals surface area contributed by atoms with Gasteiger partial charge in [0.2, 0.25) is 0 Å². The molecule has 3 nitrogen and oxygen atoms in total. The van der Waals surface area contributed by atoms with Crippen LogP contribution in [0.1, 0.15) is 35.7 Å². The predicted molar refractivity (Wildman–Crippen MR) is 89.1 cm³/mol. The third-order valence-electron chi connectivity index (χ3n) is 3.33. The molecule has 0 aromatic heterocycles. The minimum Gasteiger partial charge on any atom is -0.349 e. The van der Waals surface area contributed by atoms with Crippen LogP contribution >= 0.6 is 35.0 Å². The van der Waals surface area contributed by atoms with Gasteiger partial charge >= 0.3 is 0 Å². The van der Waals surface area contributed by atoms with Gasteiger partial charge in [-0.1, -0.05) is 11.6 Å². The van der Waals surface area contributed by atoms with Crippen molar-refractivity contribution in [3.63, 3.8) is 0 Å². The van der Waals surface area contributed by atoms with E-state index in [1.54, 1.807) is 0 Å². The molecule has 1 aliphatic heterocycles. The van der Waals surface area contributed by atoms with Crippen LogP contribution in [0.15, 0.2) is 18.2 Å².